The number of aromatic nitrogens is 1. The molecule has 24 heavy (non-hydrogen) atoms. The number of aromatic carboxylic acids is 1. The quantitative estimate of drug-likeness (QED) is 0.848. The van der Waals surface area contributed by atoms with Gasteiger partial charge in [0, 0.05) is 23.2 Å². The average molecular weight is 347 g/mol. The number of benzene rings is 1. The third kappa shape index (κ3) is 3.94. The van der Waals surface area contributed by atoms with Gasteiger partial charge in [0.05, 0.1) is 11.7 Å². The SMILES string of the molecule is CC(C)c1cnc(-c2cc(OCC3CCCO3)cc(C(=O)O)c2)s1. The maximum absolute atomic E-state index is 11.4. The first kappa shape index (κ1) is 16.9. The summed E-state index contributed by atoms with van der Waals surface area (Å²) in [5.74, 6) is -0.0321. The van der Waals surface area contributed by atoms with E-state index in [0.29, 0.717) is 18.3 Å². The van der Waals surface area contributed by atoms with E-state index in [9.17, 15) is 9.90 Å². The minimum absolute atomic E-state index is 0.0920. The van der Waals surface area contributed by atoms with Crippen molar-refractivity contribution in [3.8, 4) is 16.3 Å². The number of hydrogen-bond acceptors (Lipinski definition) is 5. The van der Waals surface area contributed by atoms with Gasteiger partial charge in [0.2, 0.25) is 0 Å². The molecule has 1 fully saturated rings. The summed E-state index contributed by atoms with van der Waals surface area (Å²) in [4.78, 5) is 17.0. The fraction of sp³-hybridized carbons (Fsp3) is 0.444. The standard InChI is InChI=1S/C18H21NO4S/c1-11(2)16-9-19-17(24-16)12-6-13(18(20)21)8-15(7-12)23-10-14-4-3-5-22-14/h6-9,11,14H,3-5,10H2,1-2H3,(H,20,21). The minimum atomic E-state index is -0.973. The van der Waals surface area contributed by atoms with Crippen molar-refractivity contribution in [2.75, 3.05) is 13.2 Å². The van der Waals surface area contributed by atoms with Gasteiger partial charge >= 0.3 is 5.97 Å². The van der Waals surface area contributed by atoms with Crippen molar-refractivity contribution in [1.82, 2.24) is 4.98 Å². The van der Waals surface area contributed by atoms with Crippen LogP contribution >= 0.6 is 11.3 Å². The Kier molecular flexibility index (Phi) is 5.16. The van der Waals surface area contributed by atoms with E-state index in [2.05, 4.69) is 18.8 Å². The Bertz CT molecular complexity index is 720. The molecule has 1 unspecified atom stereocenters. The van der Waals surface area contributed by atoms with E-state index in [1.165, 1.54) is 4.88 Å². The zero-order valence-electron chi connectivity index (χ0n) is 13.8. The minimum Gasteiger partial charge on any atom is -0.491 e. The summed E-state index contributed by atoms with van der Waals surface area (Å²) in [6, 6.07) is 5.05. The summed E-state index contributed by atoms with van der Waals surface area (Å²) in [6.45, 7) is 5.44. The molecule has 1 aromatic heterocycles. The lowest BCUT2D eigenvalue weighted by atomic mass is 10.1. The van der Waals surface area contributed by atoms with Gasteiger partial charge in [-0.15, -0.1) is 11.3 Å². The molecule has 0 radical (unpaired) electrons. The Morgan fingerprint density at radius 1 is 1.46 bits per heavy atom. The van der Waals surface area contributed by atoms with Crippen LogP contribution in [0, 0.1) is 0 Å². The van der Waals surface area contributed by atoms with Crippen LogP contribution in [0.4, 0.5) is 0 Å². The number of carboxylic acids is 1. The fourth-order valence-corrected chi connectivity index (χ4v) is 3.49. The molecule has 0 amide bonds. The van der Waals surface area contributed by atoms with E-state index < -0.39 is 5.97 Å². The highest BCUT2D eigenvalue weighted by Crippen LogP contribution is 2.32. The molecule has 5 nitrogen and oxygen atoms in total. The van der Waals surface area contributed by atoms with Gasteiger partial charge in [-0.25, -0.2) is 9.78 Å². The second kappa shape index (κ2) is 7.32. The molecular weight excluding hydrogens is 326 g/mol. The second-order valence-electron chi connectivity index (χ2n) is 6.22. The third-order valence-corrected chi connectivity index (χ3v) is 5.30. The smallest absolute Gasteiger partial charge is 0.335 e. The molecule has 1 aliphatic rings. The first-order valence-corrected chi connectivity index (χ1v) is 8.93. The molecule has 2 heterocycles. The van der Waals surface area contributed by atoms with Crippen LogP contribution in [0.15, 0.2) is 24.4 Å². The normalized spacial score (nSPS) is 17.4. The topological polar surface area (TPSA) is 68.7 Å². The summed E-state index contributed by atoms with van der Waals surface area (Å²) >= 11 is 1.58. The third-order valence-electron chi connectivity index (χ3n) is 3.95. The first-order valence-electron chi connectivity index (χ1n) is 8.12. The van der Waals surface area contributed by atoms with E-state index in [-0.39, 0.29) is 11.7 Å². The van der Waals surface area contributed by atoms with E-state index in [1.54, 1.807) is 23.5 Å². The van der Waals surface area contributed by atoms with Crippen LogP contribution in [-0.2, 0) is 4.74 Å². The van der Waals surface area contributed by atoms with Crippen molar-refractivity contribution < 1.29 is 19.4 Å². The number of rotatable bonds is 6. The molecule has 2 aromatic rings. The number of nitrogens with zero attached hydrogens (tertiary/aromatic N) is 1. The Labute approximate surface area is 145 Å². The molecule has 0 spiro atoms. The summed E-state index contributed by atoms with van der Waals surface area (Å²) in [5, 5.41) is 10.2. The molecule has 1 atom stereocenters. The molecule has 1 aliphatic heterocycles. The average Bonchev–Trinajstić information content (AvgIpc) is 3.24. The Balaban J connectivity index is 1.85. The van der Waals surface area contributed by atoms with Crippen molar-refractivity contribution in [2.45, 2.75) is 38.7 Å². The van der Waals surface area contributed by atoms with Gasteiger partial charge in [0.25, 0.3) is 0 Å². The predicted molar refractivity (Wildman–Crippen MR) is 93.1 cm³/mol. The first-order chi connectivity index (χ1) is 11.5. The lowest BCUT2D eigenvalue weighted by Crippen LogP contribution is -2.16. The highest BCUT2D eigenvalue weighted by molar-refractivity contribution is 7.15. The van der Waals surface area contributed by atoms with Gasteiger partial charge in [-0.05, 0) is 37.0 Å². The molecule has 128 valence electrons. The van der Waals surface area contributed by atoms with Gasteiger partial charge < -0.3 is 14.6 Å². The highest BCUT2D eigenvalue weighted by atomic mass is 32.1. The maximum Gasteiger partial charge on any atom is 0.335 e. The molecular formula is C18H21NO4S. The molecule has 6 heteroatoms. The van der Waals surface area contributed by atoms with Crippen molar-refractivity contribution in [3.63, 3.8) is 0 Å². The van der Waals surface area contributed by atoms with Gasteiger partial charge in [-0.1, -0.05) is 13.8 Å². The summed E-state index contributed by atoms with van der Waals surface area (Å²) in [6.07, 6.45) is 3.97. The van der Waals surface area contributed by atoms with Crippen LogP contribution in [0.5, 0.6) is 5.75 Å². The van der Waals surface area contributed by atoms with Crippen molar-refractivity contribution in [1.29, 1.82) is 0 Å². The number of carboxylic acid groups (broad SMARTS) is 1. The molecule has 3 rings (SSSR count). The van der Waals surface area contributed by atoms with Crippen molar-refractivity contribution in [3.05, 3.63) is 34.8 Å². The van der Waals surface area contributed by atoms with Crippen LogP contribution in [0.25, 0.3) is 10.6 Å². The Morgan fingerprint density at radius 2 is 2.29 bits per heavy atom. The number of thiazole rings is 1. The van der Waals surface area contributed by atoms with Gasteiger partial charge in [0.1, 0.15) is 17.4 Å². The monoisotopic (exact) mass is 347 g/mol. The van der Waals surface area contributed by atoms with Crippen LogP contribution < -0.4 is 4.74 Å². The molecule has 1 aromatic carbocycles. The van der Waals surface area contributed by atoms with Gasteiger partial charge in [-0.3, -0.25) is 0 Å². The van der Waals surface area contributed by atoms with Crippen LogP contribution in [-0.4, -0.2) is 35.4 Å². The molecule has 0 saturated carbocycles. The summed E-state index contributed by atoms with van der Waals surface area (Å²) in [7, 11) is 0. The number of carbonyl (C=O) groups is 1. The lowest BCUT2D eigenvalue weighted by molar-refractivity contribution is 0.0672. The number of ether oxygens (including phenoxy) is 2. The van der Waals surface area contributed by atoms with Crippen molar-refractivity contribution in [2.24, 2.45) is 0 Å². The van der Waals surface area contributed by atoms with Gasteiger partial charge in [-0.2, -0.15) is 0 Å². The number of hydrogen-bond donors (Lipinski definition) is 1. The Hall–Kier alpha value is -1.92. The summed E-state index contributed by atoms with van der Waals surface area (Å²) < 4.78 is 11.3. The maximum atomic E-state index is 11.4. The molecule has 1 saturated heterocycles. The zero-order chi connectivity index (χ0) is 17.1. The van der Waals surface area contributed by atoms with E-state index in [4.69, 9.17) is 9.47 Å². The zero-order valence-corrected chi connectivity index (χ0v) is 14.6. The lowest BCUT2D eigenvalue weighted by Gasteiger charge is -2.12. The highest BCUT2D eigenvalue weighted by Gasteiger charge is 2.17. The van der Waals surface area contributed by atoms with Gasteiger partial charge in [0.15, 0.2) is 0 Å². The molecule has 1 N–H and O–H groups in total. The largest absolute Gasteiger partial charge is 0.491 e. The van der Waals surface area contributed by atoms with Crippen LogP contribution in [0.2, 0.25) is 0 Å². The van der Waals surface area contributed by atoms with E-state index in [1.807, 2.05) is 12.3 Å². The predicted octanol–water partition coefficient (Wildman–Crippen LogP) is 4.19. The van der Waals surface area contributed by atoms with Crippen LogP contribution in [0.1, 0.15) is 47.8 Å². The van der Waals surface area contributed by atoms with E-state index >= 15 is 0 Å². The van der Waals surface area contributed by atoms with Crippen LogP contribution in [0.3, 0.4) is 0 Å². The summed E-state index contributed by atoms with van der Waals surface area (Å²) in [5.41, 5.74) is 0.977. The second-order valence-corrected chi connectivity index (χ2v) is 7.28. The van der Waals surface area contributed by atoms with Crippen molar-refractivity contribution >= 4 is 17.3 Å². The molecule has 0 bridgehead atoms. The Morgan fingerprint density at radius 3 is 2.92 bits per heavy atom. The fourth-order valence-electron chi connectivity index (χ4n) is 2.58. The molecule has 0 aliphatic carbocycles. The van der Waals surface area contributed by atoms with E-state index in [0.717, 1.165) is 30.0 Å².